The summed E-state index contributed by atoms with van der Waals surface area (Å²) in [4.78, 5) is 4.33. The standard InChI is InChI=1S/C14H19N3O3/c1-14(2,3)11(19-4)12-16-13(20-17-12)8-5-6-9(15)10(18)7-8/h5-7,11,18H,15H2,1-4H3. The van der Waals surface area contributed by atoms with E-state index in [0.29, 0.717) is 23.0 Å². The molecule has 0 aliphatic carbocycles. The summed E-state index contributed by atoms with van der Waals surface area (Å²) in [5.41, 5.74) is 6.32. The van der Waals surface area contributed by atoms with Crippen LogP contribution in [-0.2, 0) is 4.74 Å². The van der Waals surface area contributed by atoms with Gasteiger partial charge in [-0.25, -0.2) is 0 Å². The summed E-state index contributed by atoms with van der Waals surface area (Å²) in [5.74, 6) is 0.786. The number of benzene rings is 1. The van der Waals surface area contributed by atoms with Crippen molar-refractivity contribution in [2.45, 2.75) is 26.9 Å². The van der Waals surface area contributed by atoms with Crippen LogP contribution < -0.4 is 5.73 Å². The second kappa shape index (κ2) is 5.13. The lowest BCUT2D eigenvalue weighted by Crippen LogP contribution is -2.21. The van der Waals surface area contributed by atoms with Crippen molar-refractivity contribution in [3.8, 4) is 17.2 Å². The molecule has 1 heterocycles. The molecule has 0 aliphatic rings. The number of nitrogens with zero attached hydrogens (tertiary/aromatic N) is 2. The maximum Gasteiger partial charge on any atom is 0.258 e. The largest absolute Gasteiger partial charge is 0.506 e. The minimum Gasteiger partial charge on any atom is -0.506 e. The average Bonchev–Trinajstić information content (AvgIpc) is 2.81. The molecule has 1 aromatic carbocycles. The Labute approximate surface area is 117 Å². The highest BCUT2D eigenvalue weighted by Gasteiger charge is 2.30. The van der Waals surface area contributed by atoms with Crippen LogP contribution in [-0.4, -0.2) is 22.4 Å². The highest BCUT2D eigenvalue weighted by molar-refractivity contribution is 5.63. The van der Waals surface area contributed by atoms with Crippen LogP contribution in [0.1, 0.15) is 32.7 Å². The van der Waals surface area contributed by atoms with E-state index in [1.165, 1.54) is 6.07 Å². The molecule has 0 fully saturated rings. The fourth-order valence-electron chi connectivity index (χ4n) is 1.98. The van der Waals surface area contributed by atoms with E-state index in [2.05, 4.69) is 10.1 Å². The third kappa shape index (κ3) is 2.75. The molecule has 1 aromatic heterocycles. The molecule has 6 nitrogen and oxygen atoms in total. The number of hydrogen-bond donors (Lipinski definition) is 2. The Kier molecular flexibility index (Phi) is 3.67. The van der Waals surface area contributed by atoms with E-state index in [1.54, 1.807) is 19.2 Å². The highest BCUT2D eigenvalue weighted by Crippen LogP contribution is 2.35. The van der Waals surface area contributed by atoms with Gasteiger partial charge in [0.05, 0.1) is 5.69 Å². The van der Waals surface area contributed by atoms with Gasteiger partial charge in [0, 0.05) is 12.7 Å². The first-order valence-corrected chi connectivity index (χ1v) is 6.28. The molecule has 2 rings (SSSR count). The predicted octanol–water partition coefficient (Wildman–Crippen LogP) is 2.76. The summed E-state index contributed by atoms with van der Waals surface area (Å²) in [5, 5.41) is 13.6. The lowest BCUT2D eigenvalue weighted by Gasteiger charge is -2.26. The lowest BCUT2D eigenvalue weighted by molar-refractivity contribution is 0.00718. The summed E-state index contributed by atoms with van der Waals surface area (Å²) < 4.78 is 10.7. The zero-order valence-corrected chi connectivity index (χ0v) is 12.0. The Morgan fingerprint density at radius 2 is 2.05 bits per heavy atom. The van der Waals surface area contributed by atoms with Crippen LogP contribution in [0.3, 0.4) is 0 Å². The molecule has 0 bridgehead atoms. The number of ether oxygens (including phenoxy) is 1. The molecule has 0 saturated carbocycles. The number of methoxy groups -OCH3 is 1. The smallest absolute Gasteiger partial charge is 0.258 e. The number of aromatic nitrogens is 2. The molecule has 0 spiro atoms. The number of aromatic hydroxyl groups is 1. The number of phenols is 1. The maximum atomic E-state index is 9.61. The molecule has 0 amide bonds. The van der Waals surface area contributed by atoms with Crippen molar-refractivity contribution in [2.24, 2.45) is 5.41 Å². The van der Waals surface area contributed by atoms with Gasteiger partial charge < -0.3 is 20.1 Å². The van der Waals surface area contributed by atoms with Crippen LogP contribution in [0.15, 0.2) is 22.7 Å². The summed E-state index contributed by atoms with van der Waals surface area (Å²) >= 11 is 0. The SMILES string of the molecule is COC(c1noc(-c2ccc(N)c(O)c2)n1)C(C)(C)C. The maximum absolute atomic E-state index is 9.61. The van der Waals surface area contributed by atoms with E-state index in [4.69, 9.17) is 15.0 Å². The minimum absolute atomic E-state index is 0.0126. The van der Waals surface area contributed by atoms with Crippen LogP contribution >= 0.6 is 0 Å². The molecule has 1 atom stereocenters. The van der Waals surface area contributed by atoms with Crippen molar-refractivity contribution in [3.63, 3.8) is 0 Å². The quantitative estimate of drug-likeness (QED) is 0.661. The summed E-state index contributed by atoms with van der Waals surface area (Å²) in [6.07, 6.45) is -0.276. The van der Waals surface area contributed by atoms with Gasteiger partial charge in [-0.2, -0.15) is 4.98 Å². The number of nitrogen functional groups attached to an aromatic ring is 1. The first kappa shape index (κ1) is 14.3. The molecule has 0 saturated heterocycles. The van der Waals surface area contributed by atoms with E-state index < -0.39 is 0 Å². The zero-order chi connectivity index (χ0) is 14.9. The molecular weight excluding hydrogens is 258 g/mol. The molecule has 3 N–H and O–H groups in total. The lowest BCUT2D eigenvalue weighted by atomic mass is 9.88. The van der Waals surface area contributed by atoms with E-state index in [1.807, 2.05) is 20.8 Å². The number of nitrogens with two attached hydrogens (primary N) is 1. The van der Waals surface area contributed by atoms with Gasteiger partial charge in [-0.05, 0) is 23.6 Å². The molecular formula is C14H19N3O3. The van der Waals surface area contributed by atoms with Crippen LogP contribution in [0.4, 0.5) is 5.69 Å². The van der Waals surface area contributed by atoms with E-state index in [0.717, 1.165) is 0 Å². The number of anilines is 1. The third-order valence-electron chi connectivity index (χ3n) is 2.98. The van der Waals surface area contributed by atoms with Crippen molar-refractivity contribution in [3.05, 3.63) is 24.0 Å². The van der Waals surface area contributed by atoms with E-state index in [-0.39, 0.29) is 17.3 Å². The topological polar surface area (TPSA) is 94.4 Å². The van der Waals surface area contributed by atoms with Gasteiger partial charge >= 0.3 is 0 Å². The number of hydrogen-bond acceptors (Lipinski definition) is 6. The second-order valence-electron chi connectivity index (χ2n) is 5.71. The fraction of sp³-hybridized carbons (Fsp3) is 0.429. The number of rotatable bonds is 3. The zero-order valence-electron chi connectivity index (χ0n) is 12.0. The van der Waals surface area contributed by atoms with Gasteiger partial charge in [0.1, 0.15) is 11.9 Å². The Balaban J connectivity index is 2.35. The summed E-state index contributed by atoms with van der Waals surface area (Å²) in [6, 6.07) is 4.79. The molecule has 0 radical (unpaired) electrons. The Morgan fingerprint density at radius 1 is 1.35 bits per heavy atom. The second-order valence-corrected chi connectivity index (χ2v) is 5.71. The fourth-order valence-corrected chi connectivity index (χ4v) is 1.98. The normalized spacial score (nSPS) is 13.4. The van der Waals surface area contributed by atoms with Crippen LogP contribution in [0, 0.1) is 5.41 Å². The average molecular weight is 277 g/mol. The first-order valence-electron chi connectivity index (χ1n) is 6.28. The molecule has 108 valence electrons. The minimum atomic E-state index is -0.276. The van der Waals surface area contributed by atoms with Crippen molar-refractivity contribution in [1.82, 2.24) is 10.1 Å². The third-order valence-corrected chi connectivity index (χ3v) is 2.98. The van der Waals surface area contributed by atoms with Crippen molar-refractivity contribution >= 4 is 5.69 Å². The predicted molar refractivity (Wildman–Crippen MR) is 75.0 cm³/mol. The van der Waals surface area contributed by atoms with E-state index >= 15 is 0 Å². The van der Waals surface area contributed by atoms with Gasteiger partial charge in [0.2, 0.25) is 5.82 Å². The molecule has 20 heavy (non-hydrogen) atoms. The monoisotopic (exact) mass is 277 g/mol. The van der Waals surface area contributed by atoms with Crippen LogP contribution in [0.5, 0.6) is 5.75 Å². The van der Waals surface area contributed by atoms with Crippen LogP contribution in [0.25, 0.3) is 11.5 Å². The van der Waals surface area contributed by atoms with Gasteiger partial charge in [0.15, 0.2) is 0 Å². The molecule has 6 heteroatoms. The van der Waals surface area contributed by atoms with E-state index in [9.17, 15) is 5.11 Å². The highest BCUT2D eigenvalue weighted by atomic mass is 16.5. The summed E-state index contributed by atoms with van der Waals surface area (Å²) in [6.45, 7) is 6.10. The van der Waals surface area contributed by atoms with Crippen molar-refractivity contribution in [1.29, 1.82) is 0 Å². The van der Waals surface area contributed by atoms with Gasteiger partial charge in [-0.1, -0.05) is 25.9 Å². The Bertz CT molecular complexity index is 602. The molecule has 0 aliphatic heterocycles. The molecule has 1 unspecified atom stereocenters. The summed E-state index contributed by atoms with van der Waals surface area (Å²) in [7, 11) is 1.61. The van der Waals surface area contributed by atoms with Crippen molar-refractivity contribution < 1.29 is 14.4 Å². The number of phenolic OH excluding ortho intramolecular Hbond substituents is 1. The Morgan fingerprint density at radius 3 is 2.60 bits per heavy atom. The van der Waals surface area contributed by atoms with Gasteiger partial charge in [0.25, 0.3) is 5.89 Å². The Hall–Kier alpha value is -2.08. The molecule has 2 aromatic rings. The van der Waals surface area contributed by atoms with Gasteiger partial charge in [-0.3, -0.25) is 0 Å². The van der Waals surface area contributed by atoms with Crippen molar-refractivity contribution in [2.75, 3.05) is 12.8 Å². The first-order chi connectivity index (χ1) is 9.32. The van der Waals surface area contributed by atoms with Crippen LogP contribution in [0.2, 0.25) is 0 Å². The van der Waals surface area contributed by atoms with Gasteiger partial charge in [-0.15, -0.1) is 0 Å².